The van der Waals surface area contributed by atoms with Crippen molar-refractivity contribution in [2.24, 2.45) is 0 Å². The highest BCUT2D eigenvalue weighted by Crippen LogP contribution is 2.12. The number of hydrogen-bond acceptors (Lipinski definition) is 6. The Kier molecular flexibility index (Phi) is 41.7. The molecular weight excluding hydrogens is 657 g/mol. The Morgan fingerprint density at radius 3 is 1.06 bits per heavy atom. The fourth-order valence-corrected chi connectivity index (χ4v) is 6.79. The van der Waals surface area contributed by atoms with Gasteiger partial charge in [-0.2, -0.15) is 0 Å². The zero-order chi connectivity index (χ0) is 38.7. The molecule has 0 aromatic carbocycles. The minimum atomic E-state index is -0.0860. The topological polar surface area (TPSA) is 59.1 Å². The molecule has 0 aliphatic carbocycles. The Morgan fingerprint density at radius 1 is 0.377 bits per heavy atom. The molecule has 0 atom stereocenters. The molecule has 0 aromatic rings. The van der Waals surface area contributed by atoms with E-state index >= 15 is 0 Å². The van der Waals surface area contributed by atoms with E-state index in [9.17, 15) is 9.59 Å². The lowest BCUT2D eigenvalue weighted by atomic mass is 10.1. The maximum Gasteiger partial charge on any atom is 0.305 e. The summed E-state index contributed by atoms with van der Waals surface area (Å²) in [5.74, 6) is -0.172. The maximum atomic E-state index is 12.4. The van der Waals surface area contributed by atoms with Gasteiger partial charge in [0.2, 0.25) is 0 Å². The van der Waals surface area contributed by atoms with E-state index in [2.05, 4.69) is 61.8 Å². The quantitative estimate of drug-likeness (QED) is 0.0352. The minimum absolute atomic E-state index is 0.0860. The van der Waals surface area contributed by atoms with Crippen LogP contribution in [0.5, 0.6) is 0 Å². The Balaban J connectivity index is 4.02. The standard InChI is InChI=1S/C47H90N2O4/c1-5-9-11-13-15-17-19-21-23-25-27-29-31-33-35-38-46(50)52-44-42-49(41-37-40-48(7-3)8-4)43-45-53-47(51)39-36-34-32-30-28-26-24-22-20-18-16-14-12-10-6-2/h21-24H,5-20,25-45H2,1-4H3/b23-21-,24-22-. The second-order valence-corrected chi connectivity index (χ2v) is 15.3. The van der Waals surface area contributed by atoms with Crippen molar-refractivity contribution in [1.29, 1.82) is 0 Å². The lowest BCUT2D eigenvalue weighted by Crippen LogP contribution is -2.35. The Bertz CT molecular complexity index is 767. The van der Waals surface area contributed by atoms with E-state index in [4.69, 9.17) is 9.47 Å². The third kappa shape index (κ3) is 39.8. The molecule has 0 aromatic heterocycles. The summed E-state index contributed by atoms with van der Waals surface area (Å²) in [6.45, 7) is 15.2. The van der Waals surface area contributed by atoms with Crippen LogP contribution < -0.4 is 0 Å². The highest BCUT2D eigenvalue weighted by Gasteiger charge is 2.11. The van der Waals surface area contributed by atoms with Crippen molar-refractivity contribution in [2.75, 3.05) is 52.5 Å². The second-order valence-electron chi connectivity index (χ2n) is 15.3. The third-order valence-electron chi connectivity index (χ3n) is 10.5. The van der Waals surface area contributed by atoms with Gasteiger partial charge in [0.05, 0.1) is 0 Å². The molecule has 0 aliphatic rings. The molecule has 6 heteroatoms. The molecule has 6 nitrogen and oxygen atoms in total. The second kappa shape index (κ2) is 43.1. The SMILES string of the molecule is CCCCCCCC/C=C\CCCCCCCC(=O)OCCN(CCCN(CC)CC)CCOC(=O)CCCCCCC/C=C\CCCCCCCC. The van der Waals surface area contributed by atoms with Crippen molar-refractivity contribution in [3.05, 3.63) is 24.3 Å². The number of esters is 2. The Labute approximate surface area is 330 Å². The minimum Gasteiger partial charge on any atom is -0.464 e. The van der Waals surface area contributed by atoms with Crippen LogP contribution in [-0.4, -0.2) is 74.2 Å². The van der Waals surface area contributed by atoms with Crippen molar-refractivity contribution in [3.8, 4) is 0 Å². The largest absolute Gasteiger partial charge is 0.464 e. The Hall–Kier alpha value is -1.66. The molecule has 0 radical (unpaired) electrons. The van der Waals surface area contributed by atoms with Gasteiger partial charge in [-0.3, -0.25) is 14.5 Å². The van der Waals surface area contributed by atoms with Crippen molar-refractivity contribution >= 4 is 11.9 Å². The molecule has 53 heavy (non-hydrogen) atoms. The average Bonchev–Trinajstić information content (AvgIpc) is 3.16. The first-order valence-electron chi connectivity index (χ1n) is 23.1. The van der Waals surface area contributed by atoms with E-state index < -0.39 is 0 Å². The molecule has 0 amide bonds. The summed E-state index contributed by atoms with van der Waals surface area (Å²) in [6.07, 6.45) is 44.1. The number of carbonyl (C=O) groups excluding carboxylic acids is 2. The number of rotatable bonds is 42. The molecule has 0 aliphatic heterocycles. The smallest absolute Gasteiger partial charge is 0.305 e. The van der Waals surface area contributed by atoms with E-state index in [0.29, 0.717) is 39.1 Å². The van der Waals surface area contributed by atoms with Gasteiger partial charge in [-0.15, -0.1) is 0 Å². The fourth-order valence-electron chi connectivity index (χ4n) is 6.79. The van der Waals surface area contributed by atoms with Crippen LogP contribution in [0.15, 0.2) is 24.3 Å². The van der Waals surface area contributed by atoms with Crippen LogP contribution in [0.25, 0.3) is 0 Å². The van der Waals surface area contributed by atoms with Gasteiger partial charge in [0.25, 0.3) is 0 Å². The summed E-state index contributed by atoms with van der Waals surface area (Å²) in [7, 11) is 0. The van der Waals surface area contributed by atoms with Gasteiger partial charge in [0, 0.05) is 25.9 Å². The lowest BCUT2D eigenvalue weighted by molar-refractivity contribution is -0.144. The zero-order valence-corrected chi connectivity index (χ0v) is 36.0. The highest BCUT2D eigenvalue weighted by atomic mass is 16.5. The van der Waals surface area contributed by atoms with E-state index in [1.165, 1.54) is 141 Å². The van der Waals surface area contributed by atoms with Crippen LogP contribution in [0, 0.1) is 0 Å². The summed E-state index contributed by atoms with van der Waals surface area (Å²) in [5.41, 5.74) is 0. The van der Waals surface area contributed by atoms with Crippen LogP contribution in [-0.2, 0) is 19.1 Å². The van der Waals surface area contributed by atoms with Crippen molar-refractivity contribution in [2.45, 2.75) is 214 Å². The van der Waals surface area contributed by atoms with Crippen molar-refractivity contribution < 1.29 is 19.1 Å². The van der Waals surface area contributed by atoms with Gasteiger partial charge in [-0.05, 0) is 96.8 Å². The van der Waals surface area contributed by atoms with Gasteiger partial charge in [0.15, 0.2) is 0 Å². The van der Waals surface area contributed by atoms with Crippen LogP contribution in [0.3, 0.4) is 0 Å². The number of nitrogens with zero attached hydrogens (tertiary/aromatic N) is 2. The van der Waals surface area contributed by atoms with Gasteiger partial charge in [-0.25, -0.2) is 0 Å². The number of allylic oxidation sites excluding steroid dienone is 4. The van der Waals surface area contributed by atoms with Crippen LogP contribution in [0.2, 0.25) is 0 Å². The maximum absolute atomic E-state index is 12.4. The summed E-state index contributed by atoms with van der Waals surface area (Å²) in [6, 6.07) is 0. The summed E-state index contributed by atoms with van der Waals surface area (Å²) >= 11 is 0. The number of carbonyl (C=O) groups is 2. The predicted octanol–water partition coefficient (Wildman–Crippen LogP) is 13.2. The molecule has 0 rings (SSSR count). The van der Waals surface area contributed by atoms with Gasteiger partial charge in [0.1, 0.15) is 13.2 Å². The Morgan fingerprint density at radius 2 is 0.698 bits per heavy atom. The first-order valence-corrected chi connectivity index (χ1v) is 23.1. The molecule has 0 N–H and O–H groups in total. The summed E-state index contributed by atoms with van der Waals surface area (Å²) in [4.78, 5) is 29.5. The average molecular weight is 747 g/mol. The number of ether oxygens (including phenoxy) is 2. The fraction of sp³-hybridized carbons (Fsp3) is 0.872. The van der Waals surface area contributed by atoms with Crippen molar-refractivity contribution in [3.63, 3.8) is 0 Å². The molecule has 312 valence electrons. The molecule has 0 heterocycles. The third-order valence-corrected chi connectivity index (χ3v) is 10.5. The molecule has 0 fully saturated rings. The van der Waals surface area contributed by atoms with E-state index in [-0.39, 0.29) is 11.9 Å². The normalized spacial score (nSPS) is 11.9. The zero-order valence-electron chi connectivity index (χ0n) is 36.0. The number of hydrogen-bond donors (Lipinski definition) is 0. The van der Waals surface area contributed by atoms with Crippen LogP contribution in [0.4, 0.5) is 0 Å². The van der Waals surface area contributed by atoms with Crippen molar-refractivity contribution in [1.82, 2.24) is 9.80 Å². The molecule has 0 spiro atoms. The van der Waals surface area contributed by atoms with Gasteiger partial charge < -0.3 is 14.4 Å². The van der Waals surface area contributed by atoms with Crippen LogP contribution in [0.1, 0.15) is 214 Å². The predicted molar refractivity (Wildman–Crippen MR) is 230 cm³/mol. The first-order chi connectivity index (χ1) is 26.1. The molecule has 0 saturated carbocycles. The van der Waals surface area contributed by atoms with E-state index in [0.717, 1.165) is 58.3 Å². The highest BCUT2D eigenvalue weighted by molar-refractivity contribution is 5.69. The van der Waals surface area contributed by atoms with Crippen LogP contribution >= 0.6 is 0 Å². The summed E-state index contributed by atoms with van der Waals surface area (Å²) in [5, 5.41) is 0. The summed E-state index contributed by atoms with van der Waals surface area (Å²) < 4.78 is 11.2. The van der Waals surface area contributed by atoms with E-state index in [1.807, 2.05) is 0 Å². The molecule has 0 saturated heterocycles. The molecular formula is C47H90N2O4. The first kappa shape index (κ1) is 51.3. The molecule has 0 unspecified atom stereocenters. The van der Waals surface area contributed by atoms with Gasteiger partial charge in [-0.1, -0.05) is 155 Å². The monoisotopic (exact) mass is 747 g/mol. The van der Waals surface area contributed by atoms with E-state index in [1.54, 1.807) is 0 Å². The van der Waals surface area contributed by atoms with Gasteiger partial charge >= 0.3 is 11.9 Å². The lowest BCUT2D eigenvalue weighted by Gasteiger charge is -2.24. The molecule has 0 bridgehead atoms. The number of unbranched alkanes of at least 4 members (excludes halogenated alkanes) is 22.